The second-order valence-corrected chi connectivity index (χ2v) is 4.31. The predicted molar refractivity (Wildman–Crippen MR) is 69.2 cm³/mol. The van der Waals surface area contributed by atoms with Crippen molar-refractivity contribution in [1.82, 2.24) is 5.32 Å². The SMILES string of the molecule is Cc1ccc(NC(=O)C(=O)NC[C@@H](C)O)cc1C. The minimum absolute atomic E-state index is 0.0547. The molecule has 0 aliphatic rings. The van der Waals surface area contributed by atoms with Crippen LogP contribution in [0.15, 0.2) is 18.2 Å². The fourth-order valence-corrected chi connectivity index (χ4v) is 1.33. The number of anilines is 1. The number of carbonyl (C=O) groups excluding carboxylic acids is 2. The van der Waals surface area contributed by atoms with Crippen LogP contribution in [0, 0.1) is 13.8 Å². The molecule has 1 rings (SSSR count). The predicted octanol–water partition coefficient (Wildman–Crippen LogP) is 0.739. The molecule has 0 aliphatic carbocycles. The summed E-state index contributed by atoms with van der Waals surface area (Å²) >= 11 is 0. The van der Waals surface area contributed by atoms with Gasteiger partial charge in [0.1, 0.15) is 0 Å². The molecule has 0 spiro atoms. The first-order valence-corrected chi connectivity index (χ1v) is 5.74. The molecule has 1 atom stereocenters. The van der Waals surface area contributed by atoms with E-state index >= 15 is 0 Å². The van der Waals surface area contributed by atoms with Crippen LogP contribution in [0.5, 0.6) is 0 Å². The summed E-state index contributed by atoms with van der Waals surface area (Å²) in [5, 5.41) is 13.8. The molecular weight excluding hydrogens is 232 g/mol. The summed E-state index contributed by atoms with van der Waals surface area (Å²) in [6.45, 7) is 5.48. The first-order valence-electron chi connectivity index (χ1n) is 5.74. The van der Waals surface area contributed by atoms with Crippen molar-refractivity contribution in [3.63, 3.8) is 0 Å². The van der Waals surface area contributed by atoms with Gasteiger partial charge in [0, 0.05) is 12.2 Å². The average Bonchev–Trinajstić information content (AvgIpc) is 2.30. The van der Waals surface area contributed by atoms with Crippen molar-refractivity contribution in [2.24, 2.45) is 0 Å². The number of nitrogens with one attached hydrogen (secondary N) is 2. The smallest absolute Gasteiger partial charge is 0.313 e. The van der Waals surface area contributed by atoms with Crippen LogP contribution in [0.4, 0.5) is 5.69 Å². The van der Waals surface area contributed by atoms with Crippen LogP contribution < -0.4 is 10.6 Å². The maximum atomic E-state index is 11.5. The van der Waals surface area contributed by atoms with Crippen LogP contribution >= 0.6 is 0 Å². The zero-order valence-electron chi connectivity index (χ0n) is 10.8. The third-order valence-electron chi connectivity index (χ3n) is 2.53. The summed E-state index contributed by atoms with van der Waals surface area (Å²) in [4.78, 5) is 22.9. The zero-order valence-corrected chi connectivity index (χ0v) is 10.8. The topological polar surface area (TPSA) is 78.4 Å². The third kappa shape index (κ3) is 4.18. The summed E-state index contributed by atoms with van der Waals surface area (Å²) < 4.78 is 0. The van der Waals surface area contributed by atoms with Crippen molar-refractivity contribution in [2.75, 3.05) is 11.9 Å². The van der Waals surface area contributed by atoms with Crippen molar-refractivity contribution < 1.29 is 14.7 Å². The monoisotopic (exact) mass is 250 g/mol. The number of benzene rings is 1. The molecule has 3 N–H and O–H groups in total. The van der Waals surface area contributed by atoms with E-state index in [1.165, 1.54) is 6.92 Å². The Morgan fingerprint density at radius 1 is 1.22 bits per heavy atom. The average molecular weight is 250 g/mol. The van der Waals surface area contributed by atoms with Crippen LogP contribution in [0.3, 0.4) is 0 Å². The fourth-order valence-electron chi connectivity index (χ4n) is 1.33. The highest BCUT2D eigenvalue weighted by Crippen LogP contribution is 2.13. The summed E-state index contributed by atoms with van der Waals surface area (Å²) in [5.74, 6) is -1.49. The molecule has 18 heavy (non-hydrogen) atoms. The van der Waals surface area contributed by atoms with Gasteiger partial charge in [0.05, 0.1) is 6.10 Å². The van der Waals surface area contributed by atoms with Crippen molar-refractivity contribution >= 4 is 17.5 Å². The van der Waals surface area contributed by atoms with Crippen molar-refractivity contribution in [3.8, 4) is 0 Å². The van der Waals surface area contributed by atoms with Crippen LogP contribution in [0.1, 0.15) is 18.1 Å². The van der Waals surface area contributed by atoms with Crippen molar-refractivity contribution in [1.29, 1.82) is 0 Å². The first kappa shape index (κ1) is 14.2. The van der Waals surface area contributed by atoms with E-state index < -0.39 is 17.9 Å². The third-order valence-corrected chi connectivity index (χ3v) is 2.53. The molecule has 0 heterocycles. The number of aryl methyl sites for hydroxylation is 2. The highest BCUT2D eigenvalue weighted by Gasteiger charge is 2.13. The van der Waals surface area contributed by atoms with Gasteiger partial charge in [-0.05, 0) is 44.0 Å². The van der Waals surface area contributed by atoms with Gasteiger partial charge in [-0.3, -0.25) is 9.59 Å². The van der Waals surface area contributed by atoms with Gasteiger partial charge >= 0.3 is 11.8 Å². The summed E-state index contributed by atoms with van der Waals surface area (Å²) in [5.41, 5.74) is 2.74. The zero-order chi connectivity index (χ0) is 13.7. The van der Waals surface area contributed by atoms with E-state index in [1.54, 1.807) is 12.1 Å². The number of hydrogen-bond acceptors (Lipinski definition) is 3. The lowest BCUT2D eigenvalue weighted by atomic mass is 10.1. The molecule has 0 saturated heterocycles. The van der Waals surface area contributed by atoms with E-state index in [0.717, 1.165) is 11.1 Å². The number of hydrogen-bond donors (Lipinski definition) is 3. The molecule has 0 radical (unpaired) electrons. The number of carbonyl (C=O) groups is 2. The second-order valence-electron chi connectivity index (χ2n) is 4.31. The van der Waals surface area contributed by atoms with Gasteiger partial charge in [-0.2, -0.15) is 0 Å². The van der Waals surface area contributed by atoms with Gasteiger partial charge in [0.15, 0.2) is 0 Å². The number of rotatable bonds is 3. The van der Waals surface area contributed by atoms with E-state index in [-0.39, 0.29) is 6.54 Å². The molecule has 0 bridgehead atoms. The summed E-state index contributed by atoms with van der Waals surface area (Å²) in [6.07, 6.45) is -0.677. The molecule has 5 nitrogen and oxygen atoms in total. The Labute approximate surface area is 106 Å². The molecule has 1 aromatic carbocycles. The molecular formula is C13H18N2O3. The van der Waals surface area contributed by atoms with Crippen molar-refractivity contribution in [3.05, 3.63) is 29.3 Å². The molecule has 0 saturated carbocycles. The maximum absolute atomic E-state index is 11.5. The normalized spacial score (nSPS) is 11.8. The van der Waals surface area contributed by atoms with Gasteiger partial charge < -0.3 is 15.7 Å². The molecule has 0 aliphatic heterocycles. The Balaban J connectivity index is 2.58. The second kappa shape index (κ2) is 6.16. The molecule has 0 unspecified atom stereocenters. The lowest BCUT2D eigenvalue weighted by Crippen LogP contribution is -2.38. The number of aliphatic hydroxyl groups is 1. The molecule has 2 amide bonds. The van der Waals surface area contributed by atoms with Crippen LogP contribution in [0.2, 0.25) is 0 Å². The van der Waals surface area contributed by atoms with Gasteiger partial charge in [-0.25, -0.2) is 0 Å². The van der Waals surface area contributed by atoms with Crippen molar-refractivity contribution in [2.45, 2.75) is 26.9 Å². The first-order chi connectivity index (χ1) is 8.40. The van der Waals surface area contributed by atoms with E-state index in [1.807, 2.05) is 19.9 Å². The van der Waals surface area contributed by atoms with Crippen LogP contribution in [-0.2, 0) is 9.59 Å². The minimum Gasteiger partial charge on any atom is -0.392 e. The minimum atomic E-state index is -0.755. The molecule has 0 fully saturated rings. The quantitative estimate of drug-likeness (QED) is 0.692. The van der Waals surface area contributed by atoms with Crippen LogP contribution in [0.25, 0.3) is 0 Å². The lowest BCUT2D eigenvalue weighted by Gasteiger charge is -2.09. The lowest BCUT2D eigenvalue weighted by molar-refractivity contribution is -0.136. The molecule has 98 valence electrons. The van der Waals surface area contributed by atoms with E-state index in [0.29, 0.717) is 5.69 Å². The standard InChI is InChI=1S/C13H18N2O3/c1-8-4-5-11(6-9(8)2)15-13(18)12(17)14-7-10(3)16/h4-6,10,16H,7H2,1-3H3,(H,14,17)(H,15,18)/t10-/m1/s1. The van der Waals surface area contributed by atoms with E-state index in [4.69, 9.17) is 5.11 Å². The number of aliphatic hydroxyl groups excluding tert-OH is 1. The number of amides is 2. The largest absolute Gasteiger partial charge is 0.392 e. The maximum Gasteiger partial charge on any atom is 0.313 e. The summed E-state index contributed by atoms with van der Waals surface area (Å²) in [7, 11) is 0. The van der Waals surface area contributed by atoms with Gasteiger partial charge in [-0.15, -0.1) is 0 Å². The van der Waals surface area contributed by atoms with E-state index in [9.17, 15) is 9.59 Å². The van der Waals surface area contributed by atoms with Gasteiger partial charge in [-0.1, -0.05) is 6.07 Å². The van der Waals surface area contributed by atoms with E-state index in [2.05, 4.69) is 10.6 Å². The Kier molecular flexibility index (Phi) is 4.85. The molecule has 5 heteroatoms. The highest BCUT2D eigenvalue weighted by molar-refractivity contribution is 6.39. The highest BCUT2D eigenvalue weighted by atomic mass is 16.3. The Morgan fingerprint density at radius 3 is 2.44 bits per heavy atom. The molecule has 0 aromatic heterocycles. The van der Waals surface area contributed by atoms with Gasteiger partial charge in [0.25, 0.3) is 0 Å². The summed E-state index contributed by atoms with van der Waals surface area (Å²) in [6, 6.07) is 5.41. The molecule has 1 aromatic rings. The van der Waals surface area contributed by atoms with Gasteiger partial charge in [0.2, 0.25) is 0 Å². The Bertz CT molecular complexity index is 456. The van der Waals surface area contributed by atoms with Crippen LogP contribution in [-0.4, -0.2) is 29.6 Å². The fraction of sp³-hybridized carbons (Fsp3) is 0.385. The Morgan fingerprint density at radius 2 is 1.89 bits per heavy atom. The Hall–Kier alpha value is -1.88.